The zero-order valence-corrected chi connectivity index (χ0v) is 10.6. The first kappa shape index (κ1) is 11.9. The molecule has 0 amide bonds. The van der Waals surface area contributed by atoms with E-state index < -0.39 is 0 Å². The van der Waals surface area contributed by atoms with E-state index in [1.165, 1.54) is 25.7 Å². The van der Waals surface area contributed by atoms with E-state index in [2.05, 4.69) is 21.4 Å². The molecule has 0 saturated heterocycles. The van der Waals surface area contributed by atoms with E-state index in [4.69, 9.17) is 5.73 Å². The largest absolute Gasteiger partial charge is 0.321 e. The van der Waals surface area contributed by atoms with Crippen LogP contribution >= 0.6 is 11.8 Å². The lowest BCUT2D eigenvalue weighted by Crippen LogP contribution is -2.13. The summed E-state index contributed by atoms with van der Waals surface area (Å²) < 4.78 is 0. The zero-order valence-electron chi connectivity index (χ0n) is 9.78. The van der Waals surface area contributed by atoms with Crippen molar-refractivity contribution >= 4 is 11.8 Å². The van der Waals surface area contributed by atoms with E-state index in [0.29, 0.717) is 5.92 Å². The molecule has 4 nitrogen and oxygen atoms in total. The molecule has 3 N–H and O–H groups in total. The zero-order chi connectivity index (χ0) is 11.4. The first-order chi connectivity index (χ1) is 7.81. The van der Waals surface area contributed by atoms with Gasteiger partial charge in [0.2, 0.25) is 0 Å². The van der Waals surface area contributed by atoms with Crippen LogP contribution in [0.1, 0.15) is 55.7 Å². The van der Waals surface area contributed by atoms with Gasteiger partial charge in [-0.15, -0.1) is 0 Å². The van der Waals surface area contributed by atoms with Gasteiger partial charge in [-0.1, -0.05) is 12.8 Å². The van der Waals surface area contributed by atoms with Crippen LogP contribution < -0.4 is 5.73 Å². The summed E-state index contributed by atoms with van der Waals surface area (Å²) in [5, 5.41) is 7.30. The van der Waals surface area contributed by atoms with Gasteiger partial charge in [0.15, 0.2) is 5.82 Å². The van der Waals surface area contributed by atoms with E-state index in [9.17, 15) is 0 Å². The topological polar surface area (TPSA) is 67.6 Å². The smallest absolute Gasteiger partial charge is 0.167 e. The maximum atomic E-state index is 6.03. The average molecular weight is 240 g/mol. The average Bonchev–Trinajstić information content (AvgIpc) is 2.94. The number of nitrogens with one attached hydrogen (secondary N) is 1. The van der Waals surface area contributed by atoms with Gasteiger partial charge in [0.05, 0.1) is 6.04 Å². The van der Waals surface area contributed by atoms with Gasteiger partial charge in [0.1, 0.15) is 5.82 Å². The molecule has 1 aliphatic carbocycles. The molecule has 2 rings (SSSR count). The Bertz CT molecular complexity index is 320. The molecule has 1 heterocycles. The van der Waals surface area contributed by atoms with Crippen LogP contribution in [0.4, 0.5) is 0 Å². The fourth-order valence-electron chi connectivity index (χ4n) is 2.21. The molecule has 0 aromatic carbocycles. The van der Waals surface area contributed by atoms with E-state index >= 15 is 0 Å². The van der Waals surface area contributed by atoms with Gasteiger partial charge in [-0.05, 0) is 31.3 Å². The second-order valence-corrected chi connectivity index (χ2v) is 5.43. The normalized spacial score (nSPS) is 19.1. The van der Waals surface area contributed by atoms with Crippen LogP contribution in [0.5, 0.6) is 0 Å². The maximum Gasteiger partial charge on any atom is 0.167 e. The Labute approximate surface area is 101 Å². The third kappa shape index (κ3) is 2.77. The van der Waals surface area contributed by atoms with Gasteiger partial charge in [-0.25, -0.2) is 4.98 Å². The Morgan fingerprint density at radius 2 is 2.25 bits per heavy atom. The molecule has 1 atom stereocenters. The van der Waals surface area contributed by atoms with Crippen LogP contribution in [0.25, 0.3) is 0 Å². The molecule has 1 saturated carbocycles. The van der Waals surface area contributed by atoms with Crippen LogP contribution in [0.15, 0.2) is 0 Å². The number of aromatic nitrogens is 3. The predicted molar refractivity (Wildman–Crippen MR) is 67.5 cm³/mol. The van der Waals surface area contributed by atoms with E-state index in [1.807, 2.05) is 11.8 Å². The predicted octanol–water partition coefficient (Wildman–Crippen LogP) is 2.22. The van der Waals surface area contributed by atoms with Crippen molar-refractivity contribution in [2.24, 2.45) is 5.73 Å². The minimum Gasteiger partial charge on any atom is -0.321 e. The monoisotopic (exact) mass is 240 g/mol. The number of rotatable bonds is 5. The van der Waals surface area contributed by atoms with Crippen LogP contribution in [0.2, 0.25) is 0 Å². The van der Waals surface area contributed by atoms with Crippen LogP contribution in [0, 0.1) is 0 Å². The number of thioether (sulfide) groups is 1. The highest BCUT2D eigenvalue weighted by Crippen LogP contribution is 2.32. The summed E-state index contributed by atoms with van der Waals surface area (Å²) in [5.74, 6) is 3.49. The number of nitrogens with two attached hydrogens (primary N) is 1. The molecule has 1 aliphatic rings. The van der Waals surface area contributed by atoms with Crippen molar-refractivity contribution < 1.29 is 0 Å². The Kier molecular flexibility index (Phi) is 4.23. The van der Waals surface area contributed by atoms with E-state index in [0.717, 1.165) is 23.8 Å². The number of H-pyrrole nitrogens is 1. The first-order valence-electron chi connectivity index (χ1n) is 5.98. The summed E-state index contributed by atoms with van der Waals surface area (Å²) in [6, 6.07) is -0.0150. The van der Waals surface area contributed by atoms with E-state index in [-0.39, 0.29) is 6.04 Å². The molecule has 1 aromatic rings. The lowest BCUT2D eigenvalue weighted by molar-refractivity contribution is 0.650. The second kappa shape index (κ2) is 5.68. The van der Waals surface area contributed by atoms with Crippen molar-refractivity contribution in [2.75, 3.05) is 12.0 Å². The molecule has 5 heteroatoms. The van der Waals surface area contributed by atoms with Crippen molar-refractivity contribution in [1.29, 1.82) is 0 Å². The van der Waals surface area contributed by atoms with Gasteiger partial charge >= 0.3 is 0 Å². The second-order valence-electron chi connectivity index (χ2n) is 4.45. The first-order valence-corrected chi connectivity index (χ1v) is 7.37. The van der Waals surface area contributed by atoms with Crippen molar-refractivity contribution in [3.63, 3.8) is 0 Å². The van der Waals surface area contributed by atoms with Gasteiger partial charge in [-0.3, -0.25) is 5.10 Å². The summed E-state index contributed by atoms with van der Waals surface area (Å²) in [5.41, 5.74) is 6.03. The standard InChI is InChI=1S/C11H20N4S/c1-16-7-6-9(12)11-13-10(14-15-11)8-4-2-3-5-8/h8-9H,2-7,12H2,1H3,(H,13,14,15). The fraction of sp³-hybridized carbons (Fsp3) is 0.818. The summed E-state index contributed by atoms with van der Waals surface area (Å²) in [7, 11) is 0. The molecular weight excluding hydrogens is 220 g/mol. The molecule has 1 aromatic heterocycles. The van der Waals surface area contributed by atoms with Crippen molar-refractivity contribution in [3.8, 4) is 0 Å². The molecule has 90 valence electrons. The quantitative estimate of drug-likeness (QED) is 0.828. The third-order valence-corrected chi connectivity index (χ3v) is 3.87. The van der Waals surface area contributed by atoms with Gasteiger partial charge < -0.3 is 5.73 Å². The summed E-state index contributed by atoms with van der Waals surface area (Å²) in [6.45, 7) is 0. The molecule has 1 unspecified atom stereocenters. The molecule has 0 radical (unpaired) electrons. The van der Waals surface area contributed by atoms with Crippen LogP contribution in [0.3, 0.4) is 0 Å². The minimum absolute atomic E-state index is 0.0150. The van der Waals surface area contributed by atoms with Crippen molar-refractivity contribution in [2.45, 2.75) is 44.1 Å². The lowest BCUT2D eigenvalue weighted by atomic mass is 10.1. The molecule has 0 bridgehead atoms. The van der Waals surface area contributed by atoms with Gasteiger partial charge in [-0.2, -0.15) is 16.9 Å². The SMILES string of the molecule is CSCCC(N)c1n[nH]c(C2CCCC2)n1. The fourth-order valence-corrected chi connectivity index (χ4v) is 2.70. The Morgan fingerprint density at radius 3 is 2.94 bits per heavy atom. The summed E-state index contributed by atoms with van der Waals surface area (Å²) in [4.78, 5) is 4.54. The molecule has 16 heavy (non-hydrogen) atoms. The van der Waals surface area contributed by atoms with Crippen LogP contribution in [-0.2, 0) is 0 Å². The third-order valence-electron chi connectivity index (χ3n) is 3.23. The van der Waals surface area contributed by atoms with Gasteiger partial charge in [0, 0.05) is 5.92 Å². The maximum absolute atomic E-state index is 6.03. The number of hydrogen-bond acceptors (Lipinski definition) is 4. The number of aromatic amines is 1. The highest BCUT2D eigenvalue weighted by molar-refractivity contribution is 7.98. The minimum atomic E-state index is -0.0150. The molecule has 1 fully saturated rings. The van der Waals surface area contributed by atoms with Gasteiger partial charge in [0.25, 0.3) is 0 Å². The van der Waals surface area contributed by atoms with Crippen molar-refractivity contribution in [1.82, 2.24) is 15.2 Å². The number of nitrogens with zero attached hydrogens (tertiary/aromatic N) is 2. The molecular formula is C11H20N4S. The van der Waals surface area contributed by atoms with E-state index in [1.54, 1.807) is 0 Å². The Morgan fingerprint density at radius 1 is 1.50 bits per heavy atom. The molecule has 0 spiro atoms. The Balaban J connectivity index is 1.95. The lowest BCUT2D eigenvalue weighted by Gasteiger charge is -2.05. The highest BCUT2D eigenvalue weighted by Gasteiger charge is 2.21. The summed E-state index contributed by atoms with van der Waals surface area (Å²) in [6.07, 6.45) is 8.17. The highest BCUT2D eigenvalue weighted by atomic mass is 32.2. The number of hydrogen-bond donors (Lipinski definition) is 2. The summed E-state index contributed by atoms with van der Waals surface area (Å²) >= 11 is 1.81. The van der Waals surface area contributed by atoms with Crippen LogP contribution in [-0.4, -0.2) is 27.2 Å². The molecule has 0 aliphatic heterocycles. The van der Waals surface area contributed by atoms with Crippen molar-refractivity contribution in [3.05, 3.63) is 11.6 Å². The Hall–Kier alpha value is -0.550.